The number of rotatable bonds is 9. The summed E-state index contributed by atoms with van der Waals surface area (Å²) in [6.45, 7) is 2.05. The number of nitrogens with one attached hydrogen (secondary N) is 2. The number of aromatic nitrogens is 2. The van der Waals surface area contributed by atoms with Crippen LogP contribution in [0.15, 0.2) is 58.4 Å². The second-order valence-corrected chi connectivity index (χ2v) is 6.51. The second kappa shape index (κ2) is 10.2. The number of ether oxygens (including phenoxy) is 2. The molecule has 8 heteroatoms. The maximum atomic E-state index is 12.0. The van der Waals surface area contributed by atoms with Crippen molar-refractivity contribution in [2.24, 2.45) is 5.10 Å². The van der Waals surface area contributed by atoms with Crippen LogP contribution >= 0.6 is 0 Å². The molecule has 30 heavy (non-hydrogen) atoms. The molecule has 0 aliphatic rings. The number of anilines is 1. The number of aromatic amines is 1. The second-order valence-electron chi connectivity index (χ2n) is 6.51. The van der Waals surface area contributed by atoms with Crippen molar-refractivity contribution in [2.45, 2.75) is 20.0 Å². The largest absolute Gasteiger partial charge is 0.493 e. The molecule has 0 spiro atoms. The van der Waals surface area contributed by atoms with E-state index < -0.39 is 0 Å². The van der Waals surface area contributed by atoms with Gasteiger partial charge in [0.2, 0.25) is 5.95 Å². The molecule has 2 aromatic carbocycles. The number of aliphatic hydroxyl groups excluding tert-OH is 1. The first-order valence-corrected chi connectivity index (χ1v) is 9.45. The summed E-state index contributed by atoms with van der Waals surface area (Å²) < 4.78 is 11.3. The smallest absolute Gasteiger partial charge is 0.255 e. The molecule has 0 radical (unpaired) electrons. The molecule has 0 saturated carbocycles. The summed E-state index contributed by atoms with van der Waals surface area (Å²) >= 11 is 0. The van der Waals surface area contributed by atoms with Crippen molar-refractivity contribution in [2.75, 3.05) is 19.1 Å². The Morgan fingerprint density at radius 3 is 2.70 bits per heavy atom. The fourth-order valence-corrected chi connectivity index (χ4v) is 2.86. The highest BCUT2D eigenvalue weighted by Gasteiger charge is 2.08. The average Bonchev–Trinajstić information content (AvgIpc) is 2.76. The Morgan fingerprint density at radius 1 is 1.20 bits per heavy atom. The van der Waals surface area contributed by atoms with Gasteiger partial charge in [0.1, 0.15) is 6.61 Å². The third kappa shape index (κ3) is 5.45. The predicted molar refractivity (Wildman–Crippen MR) is 115 cm³/mol. The third-order valence-electron chi connectivity index (χ3n) is 4.39. The molecule has 1 aromatic heterocycles. The summed E-state index contributed by atoms with van der Waals surface area (Å²) in [7, 11) is 1.58. The number of hydrogen-bond donors (Lipinski definition) is 3. The van der Waals surface area contributed by atoms with E-state index in [1.54, 1.807) is 26.3 Å². The fraction of sp³-hybridized carbons (Fsp3) is 0.227. The summed E-state index contributed by atoms with van der Waals surface area (Å²) in [6, 6.07) is 15.3. The van der Waals surface area contributed by atoms with Crippen LogP contribution in [0.25, 0.3) is 0 Å². The summed E-state index contributed by atoms with van der Waals surface area (Å²) in [5.41, 5.74) is 5.27. The maximum absolute atomic E-state index is 12.0. The molecule has 0 saturated heterocycles. The number of methoxy groups -OCH3 is 1. The van der Waals surface area contributed by atoms with Crippen molar-refractivity contribution in [3.8, 4) is 11.5 Å². The van der Waals surface area contributed by atoms with E-state index in [-0.39, 0.29) is 24.5 Å². The van der Waals surface area contributed by atoms with Crippen LogP contribution in [-0.2, 0) is 13.0 Å². The van der Waals surface area contributed by atoms with Crippen LogP contribution in [0, 0.1) is 6.92 Å². The SMILES string of the molecule is COc1cc(/C=N\Nc2nc(C)c(CCO)c(=O)[nH]2)ccc1OCc1ccccc1. The minimum Gasteiger partial charge on any atom is -0.493 e. The normalized spacial score (nSPS) is 10.9. The van der Waals surface area contributed by atoms with E-state index in [1.165, 1.54) is 0 Å². The Hall–Kier alpha value is -3.65. The Labute approximate surface area is 174 Å². The van der Waals surface area contributed by atoms with Gasteiger partial charge < -0.3 is 14.6 Å². The van der Waals surface area contributed by atoms with Gasteiger partial charge in [0.15, 0.2) is 11.5 Å². The molecular weight excluding hydrogens is 384 g/mol. The van der Waals surface area contributed by atoms with E-state index >= 15 is 0 Å². The standard InChI is InChI=1S/C22H24N4O4/c1-15-18(10-11-27)21(28)25-22(24-15)26-23-13-17-8-9-19(20(12-17)29-2)30-14-16-6-4-3-5-7-16/h3-9,12-13,27H,10-11,14H2,1-2H3,(H2,24,25,26,28)/b23-13-. The zero-order valence-corrected chi connectivity index (χ0v) is 16.9. The molecule has 0 bridgehead atoms. The molecule has 0 fully saturated rings. The van der Waals surface area contributed by atoms with E-state index in [1.807, 2.05) is 42.5 Å². The number of hydrazone groups is 1. The summed E-state index contributed by atoms with van der Waals surface area (Å²) in [4.78, 5) is 18.9. The molecule has 0 unspecified atom stereocenters. The minimum absolute atomic E-state index is 0.108. The van der Waals surface area contributed by atoms with E-state index in [0.29, 0.717) is 29.4 Å². The first kappa shape index (κ1) is 21.1. The molecule has 3 N–H and O–H groups in total. The third-order valence-corrected chi connectivity index (χ3v) is 4.39. The van der Waals surface area contributed by atoms with Gasteiger partial charge in [-0.1, -0.05) is 30.3 Å². The van der Waals surface area contributed by atoms with Crippen molar-refractivity contribution in [1.29, 1.82) is 0 Å². The molecule has 3 rings (SSSR count). The van der Waals surface area contributed by atoms with Gasteiger partial charge in [-0.25, -0.2) is 10.4 Å². The molecule has 1 heterocycles. The van der Waals surface area contributed by atoms with Gasteiger partial charge >= 0.3 is 0 Å². The summed E-state index contributed by atoms with van der Waals surface area (Å²) in [5, 5.41) is 13.1. The topological polar surface area (TPSA) is 109 Å². The van der Waals surface area contributed by atoms with E-state index in [2.05, 4.69) is 20.5 Å². The lowest BCUT2D eigenvalue weighted by Gasteiger charge is -2.11. The quantitative estimate of drug-likeness (QED) is 0.371. The van der Waals surface area contributed by atoms with Crippen LogP contribution in [0.4, 0.5) is 5.95 Å². The van der Waals surface area contributed by atoms with Gasteiger partial charge in [-0.2, -0.15) is 5.10 Å². The van der Waals surface area contributed by atoms with Crippen LogP contribution in [0.5, 0.6) is 11.5 Å². The molecule has 8 nitrogen and oxygen atoms in total. The lowest BCUT2D eigenvalue weighted by atomic mass is 10.2. The highest BCUT2D eigenvalue weighted by Crippen LogP contribution is 2.28. The monoisotopic (exact) mass is 408 g/mol. The number of aryl methyl sites for hydroxylation is 1. The van der Waals surface area contributed by atoms with Crippen molar-refractivity contribution >= 4 is 12.2 Å². The average molecular weight is 408 g/mol. The van der Waals surface area contributed by atoms with Crippen LogP contribution in [0.3, 0.4) is 0 Å². The number of benzene rings is 2. The molecule has 0 aliphatic heterocycles. The van der Waals surface area contributed by atoms with Crippen molar-refractivity contribution in [1.82, 2.24) is 9.97 Å². The van der Waals surface area contributed by atoms with Crippen molar-refractivity contribution < 1.29 is 14.6 Å². The minimum atomic E-state index is -0.296. The molecule has 0 atom stereocenters. The number of nitrogens with zero attached hydrogens (tertiary/aromatic N) is 2. The van der Waals surface area contributed by atoms with Gasteiger partial charge in [0.25, 0.3) is 5.56 Å². The van der Waals surface area contributed by atoms with Gasteiger partial charge in [-0.3, -0.25) is 9.78 Å². The molecular formula is C22H24N4O4. The van der Waals surface area contributed by atoms with E-state index in [9.17, 15) is 4.79 Å². The fourth-order valence-electron chi connectivity index (χ4n) is 2.86. The zero-order chi connectivity index (χ0) is 21.3. The summed E-state index contributed by atoms with van der Waals surface area (Å²) in [6.07, 6.45) is 1.84. The van der Waals surface area contributed by atoms with Crippen LogP contribution in [0.2, 0.25) is 0 Å². The first-order chi connectivity index (χ1) is 14.6. The van der Waals surface area contributed by atoms with Crippen molar-refractivity contribution in [3.63, 3.8) is 0 Å². The highest BCUT2D eigenvalue weighted by atomic mass is 16.5. The Bertz CT molecular complexity index is 1060. The zero-order valence-electron chi connectivity index (χ0n) is 16.9. The lowest BCUT2D eigenvalue weighted by molar-refractivity contribution is 0.284. The Morgan fingerprint density at radius 2 is 2.00 bits per heavy atom. The molecule has 3 aromatic rings. The molecule has 156 valence electrons. The summed E-state index contributed by atoms with van der Waals surface area (Å²) in [5.74, 6) is 1.45. The number of hydrogen-bond acceptors (Lipinski definition) is 7. The van der Waals surface area contributed by atoms with Crippen LogP contribution in [-0.4, -0.2) is 35.0 Å². The number of aliphatic hydroxyl groups is 1. The number of H-pyrrole nitrogens is 1. The van der Waals surface area contributed by atoms with Gasteiger partial charge in [-0.05, 0) is 36.2 Å². The first-order valence-electron chi connectivity index (χ1n) is 9.45. The van der Waals surface area contributed by atoms with Crippen molar-refractivity contribution in [3.05, 3.63) is 81.3 Å². The van der Waals surface area contributed by atoms with Gasteiger partial charge in [0, 0.05) is 18.6 Å². The predicted octanol–water partition coefficient (Wildman–Crippen LogP) is 2.65. The van der Waals surface area contributed by atoms with Gasteiger partial charge in [-0.15, -0.1) is 0 Å². The van der Waals surface area contributed by atoms with E-state index in [0.717, 1.165) is 11.1 Å². The lowest BCUT2D eigenvalue weighted by Crippen LogP contribution is -2.19. The van der Waals surface area contributed by atoms with Crippen LogP contribution in [0.1, 0.15) is 22.4 Å². The maximum Gasteiger partial charge on any atom is 0.255 e. The van der Waals surface area contributed by atoms with E-state index in [4.69, 9.17) is 14.6 Å². The molecule has 0 amide bonds. The molecule has 0 aliphatic carbocycles. The van der Waals surface area contributed by atoms with Crippen LogP contribution < -0.4 is 20.5 Å². The Kier molecular flexibility index (Phi) is 7.18. The van der Waals surface area contributed by atoms with Gasteiger partial charge in [0.05, 0.1) is 19.0 Å². The Balaban J connectivity index is 1.66. The highest BCUT2D eigenvalue weighted by molar-refractivity contribution is 5.81.